The molecular formula is C16H24N2O3. The van der Waals surface area contributed by atoms with E-state index in [-0.39, 0.29) is 17.7 Å². The van der Waals surface area contributed by atoms with Crippen molar-refractivity contribution in [3.8, 4) is 5.75 Å². The van der Waals surface area contributed by atoms with Gasteiger partial charge in [0.1, 0.15) is 5.75 Å². The zero-order valence-corrected chi connectivity index (χ0v) is 13.2. The van der Waals surface area contributed by atoms with Crippen LogP contribution in [0.2, 0.25) is 0 Å². The first kappa shape index (κ1) is 17.0. The molecule has 1 N–H and O–H groups in total. The third-order valence-corrected chi connectivity index (χ3v) is 3.00. The van der Waals surface area contributed by atoms with Gasteiger partial charge < -0.3 is 15.0 Å². The lowest BCUT2D eigenvalue weighted by Crippen LogP contribution is -2.38. The third kappa shape index (κ3) is 5.45. The molecule has 21 heavy (non-hydrogen) atoms. The number of anilines is 1. The van der Waals surface area contributed by atoms with Gasteiger partial charge in [0.05, 0.1) is 6.61 Å². The molecule has 0 radical (unpaired) electrons. The van der Waals surface area contributed by atoms with E-state index in [0.29, 0.717) is 19.7 Å². The summed E-state index contributed by atoms with van der Waals surface area (Å²) in [5.41, 5.74) is 0.796. The Morgan fingerprint density at radius 2 is 1.86 bits per heavy atom. The van der Waals surface area contributed by atoms with Crippen molar-refractivity contribution in [3.63, 3.8) is 0 Å². The smallest absolute Gasteiger partial charge is 0.223 e. The SMILES string of the molecule is CCOc1ccc(N(CCNC(=O)C(C)C)C(C)=O)cc1. The standard InChI is InChI=1S/C16H24N2O3/c1-5-21-15-8-6-14(7-9-15)18(13(4)19)11-10-17-16(20)12(2)3/h6-9,12H,5,10-11H2,1-4H3,(H,17,20). The number of rotatable bonds is 7. The molecular weight excluding hydrogens is 268 g/mol. The maximum absolute atomic E-state index is 11.7. The maximum atomic E-state index is 11.7. The van der Waals surface area contributed by atoms with Crippen LogP contribution in [0.5, 0.6) is 5.75 Å². The topological polar surface area (TPSA) is 58.6 Å². The van der Waals surface area contributed by atoms with E-state index in [4.69, 9.17) is 4.74 Å². The van der Waals surface area contributed by atoms with E-state index in [0.717, 1.165) is 11.4 Å². The molecule has 116 valence electrons. The van der Waals surface area contributed by atoms with Gasteiger partial charge in [-0.1, -0.05) is 13.8 Å². The monoisotopic (exact) mass is 292 g/mol. The van der Waals surface area contributed by atoms with Crippen molar-refractivity contribution in [2.75, 3.05) is 24.6 Å². The molecule has 0 aliphatic rings. The minimum absolute atomic E-state index is 0.00908. The molecule has 0 aromatic heterocycles. The largest absolute Gasteiger partial charge is 0.494 e. The van der Waals surface area contributed by atoms with E-state index in [1.807, 2.05) is 45.0 Å². The lowest BCUT2D eigenvalue weighted by molar-refractivity contribution is -0.124. The highest BCUT2D eigenvalue weighted by Crippen LogP contribution is 2.19. The van der Waals surface area contributed by atoms with Gasteiger partial charge >= 0.3 is 0 Å². The van der Waals surface area contributed by atoms with E-state index in [1.54, 1.807) is 4.90 Å². The highest BCUT2D eigenvalue weighted by atomic mass is 16.5. The van der Waals surface area contributed by atoms with Gasteiger partial charge in [-0.3, -0.25) is 9.59 Å². The average Bonchev–Trinajstić information content (AvgIpc) is 2.44. The number of hydrogen-bond donors (Lipinski definition) is 1. The van der Waals surface area contributed by atoms with E-state index in [1.165, 1.54) is 6.92 Å². The Balaban J connectivity index is 2.64. The minimum Gasteiger partial charge on any atom is -0.494 e. The van der Waals surface area contributed by atoms with Crippen LogP contribution in [-0.4, -0.2) is 31.5 Å². The Hall–Kier alpha value is -2.04. The number of carbonyl (C=O) groups is 2. The van der Waals surface area contributed by atoms with Crippen molar-refractivity contribution in [1.82, 2.24) is 5.32 Å². The van der Waals surface area contributed by atoms with Crippen LogP contribution >= 0.6 is 0 Å². The number of nitrogens with one attached hydrogen (secondary N) is 1. The summed E-state index contributed by atoms with van der Waals surface area (Å²) >= 11 is 0. The van der Waals surface area contributed by atoms with Crippen molar-refractivity contribution >= 4 is 17.5 Å². The van der Waals surface area contributed by atoms with Crippen LogP contribution in [0.1, 0.15) is 27.7 Å². The zero-order chi connectivity index (χ0) is 15.8. The predicted molar refractivity (Wildman–Crippen MR) is 83.5 cm³/mol. The number of benzene rings is 1. The number of hydrogen-bond acceptors (Lipinski definition) is 3. The number of nitrogens with zero attached hydrogens (tertiary/aromatic N) is 1. The van der Waals surface area contributed by atoms with E-state index in [9.17, 15) is 9.59 Å². The predicted octanol–water partition coefficient (Wildman–Crippen LogP) is 2.21. The van der Waals surface area contributed by atoms with Gasteiger partial charge in [-0.15, -0.1) is 0 Å². The number of ether oxygens (including phenoxy) is 1. The summed E-state index contributed by atoms with van der Waals surface area (Å²) in [4.78, 5) is 24.9. The Labute approximate surface area is 126 Å². The Morgan fingerprint density at radius 3 is 2.33 bits per heavy atom. The molecule has 0 aliphatic carbocycles. The minimum atomic E-state index is -0.0574. The molecule has 0 saturated heterocycles. The molecule has 5 heteroatoms. The fraction of sp³-hybridized carbons (Fsp3) is 0.500. The van der Waals surface area contributed by atoms with E-state index >= 15 is 0 Å². The molecule has 0 heterocycles. The summed E-state index contributed by atoms with van der Waals surface area (Å²) in [5, 5.41) is 2.81. The van der Waals surface area contributed by atoms with E-state index in [2.05, 4.69) is 5.32 Å². The molecule has 1 aromatic carbocycles. The van der Waals surface area contributed by atoms with Crippen LogP contribution in [0.4, 0.5) is 5.69 Å². The van der Waals surface area contributed by atoms with Crippen LogP contribution in [0.25, 0.3) is 0 Å². The van der Waals surface area contributed by atoms with Crippen molar-refractivity contribution < 1.29 is 14.3 Å². The van der Waals surface area contributed by atoms with Crippen LogP contribution in [0.3, 0.4) is 0 Å². The lowest BCUT2D eigenvalue weighted by atomic mass is 10.2. The van der Waals surface area contributed by atoms with Gasteiger partial charge in [0.25, 0.3) is 0 Å². The van der Waals surface area contributed by atoms with E-state index < -0.39 is 0 Å². The van der Waals surface area contributed by atoms with Crippen molar-refractivity contribution in [3.05, 3.63) is 24.3 Å². The van der Waals surface area contributed by atoms with Gasteiger partial charge in [-0.05, 0) is 31.2 Å². The molecule has 0 unspecified atom stereocenters. The molecule has 2 amide bonds. The molecule has 0 fully saturated rings. The molecule has 5 nitrogen and oxygen atoms in total. The Morgan fingerprint density at radius 1 is 1.24 bits per heavy atom. The zero-order valence-electron chi connectivity index (χ0n) is 13.2. The maximum Gasteiger partial charge on any atom is 0.223 e. The molecule has 1 rings (SSSR count). The normalized spacial score (nSPS) is 10.3. The van der Waals surface area contributed by atoms with Gasteiger partial charge in [0, 0.05) is 31.6 Å². The highest BCUT2D eigenvalue weighted by Gasteiger charge is 2.12. The number of carbonyl (C=O) groups excluding carboxylic acids is 2. The molecule has 1 aromatic rings. The summed E-state index contributed by atoms with van der Waals surface area (Å²) in [5.74, 6) is 0.655. The van der Waals surface area contributed by atoms with Crippen molar-refractivity contribution in [2.24, 2.45) is 5.92 Å². The van der Waals surface area contributed by atoms with Crippen LogP contribution < -0.4 is 15.0 Å². The summed E-state index contributed by atoms with van der Waals surface area (Å²) < 4.78 is 5.38. The van der Waals surface area contributed by atoms with Crippen LogP contribution in [0.15, 0.2) is 24.3 Å². The summed E-state index contributed by atoms with van der Waals surface area (Å²) in [7, 11) is 0. The first-order chi connectivity index (χ1) is 9.95. The fourth-order valence-electron chi connectivity index (χ4n) is 1.85. The summed E-state index contributed by atoms with van der Waals surface area (Å²) in [6, 6.07) is 7.36. The quantitative estimate of drug-likeness (QED) is 0.838. The average molecular weight is 292 g/mol. The van der Waals surface area contributed by atoms with Gasteiger partial charge in [0.15, 0.2) is 0 Å². The molecule has 0 bridgehead atoms. The van der Waals surface area contributed by atoms with Gasteiger partial charge in [-0.25, -0.2) is 0 Å². The molecule has 0 spiro atoms. The summed E-state index contributed by atoms with van der Waals surface area (Å²) in [6.07, 6.45) is 0. The second-order valence-electron chi connectivity index (χ2n) is 5.04. The first-order valence-electron chi connectivity index (χ1n) is 7.24. The van der Waals surface area contributed by atoms with Gasteiger partial charge in [0.2, 0.25) is 11.8 Å². The van der Waals surface area contributed by atoms with Crippen LogP contribution in [-0.2, 0) is 9.59 Å². The lowest BCUT2D eigenvalue weighted by Gasteiger charge is -2.22. The fourth-order valence-corrected chi connectivity index (χ4v) is 1.85. The highest BCUT2D eigenvalue weighted by molar-refractivity contribution is 5.91. The summed E-state index contributed by atoms with van der Waals surface area (Å²) in [6.45, 7) is 8.60. The van der Waals surface area contributed by atoms with Crippen molar-refractivity contribution in [2.45, 2.75) is 27.7 Å². The first-order valence-corrected chi connectivity index (χ1v) is 7.24. The molecule has 0 atom stereocenters. The Bertz CT molecular complexity index is 469. The third-order valence-electron chi connectivity index (χ3n) is 3.00. The molecule has 0 saturated carbocycles. The second kappa shape index (κ2) is 8.29. The molecule has 0 aliphatic heterocycles. The van der Waals surface area contributed by atoms with Gasteiger partial charge in [-0.2, -0.15) is 0 Å². The Kier molecular flexibility index (Phi) is 6.72. The number of amides is 2. The second-order valence-corrected chi connectivity index (χ2v) is 5.04. The van der Waals surface area contributed by atoms with Crippen molar-refractivity contribution in [1.29, 1.82) is 0 Å². The van der Waals surface area contributed by atoms with Crippen LogP contribution in [0, 0.1) is 5.92 Å².